The van der Waals surface area contributed by atoms with E-state index in [0.717, 1.165) is 38.8 Å². The van der Waals surface area contributed by atoms with Crippen LogP contribution in [-0.2, 0) is 9.59 Å². The first kappa shape index (κ1) is 18.5. The molecular weight excluding hydrogens is 314 g/mol. The molecule has 0 aromatic carbocycles. The van der Waals surface area contributed by atoms with E-state index in [-0.39, 0.29) is 36.2 Å². The molecular formula is C17H30ClN3O2. The summed E-state index contributed by atoms with van der Waals surface area (Å²) in [6, 6.07) is 0.551. The number of halogens is 1. The van der Waals surface area contributed by atoms with Crippen molar-refractivity contribution in [2.24, 2.45) is 23.5 Å². The molecule has 0 aromatic rings. The molecule has 23 heavy (non-hydrogen) atoms. The fourth-order valence-corrected chi connectivity index (χ4v) is 4.66. The van der Waals surface area contributed by atoms with Gasteiger partial charge in [-0.15, -0.1) is 12.4 Å². The Labute approximate surface area is 145 Å². The third-order valence-corrected chi connectivity index (χ3v) is 6.07. The van der Waals surface area contributed by atoms with Crippen LogP contribution in [0.2, 0.25) is 0 Å². The van der Waals surface area contributed by atoms with E-state index >= 15 is 0 Å². The molecule has 0 aromatic heterocycles. The summed E-state index contributed by atoms with van der Waals surface area (Å²) in [4.78, 5) is 25.8. The molecule has 3 rings (SSSR count). The highest BCUT2D eigenvalue weighted by Crippen LogP contribution is 2.41. The van der Waals surface area contributed by atoms with Gasteiger partial charge in [0.15, 0.2) is 0 Å². The fraction of sp³-hybridized carbons (Fsp3) is 0.882. The van der Waals surface area contributed by atoms with Crippen molar-refractivity contribution in [3.05, 3.63) is 0 Å². The molecule has 3 aliphatic rings. The standard InChI is InChI=1S/C17H29N3O2.ClH/c1-11(21)20-7-5-15(6-8-20)19-17(22)14-9-12-3-2-4-13(10-14)16(12)18;/h12-16H,2-10,18H2,1H3,(H,19,22);1H. The van der Waals surface area contributed by atoms with E-state index < -0.39 is 0 Å². The second-order valence-corrected chi connectivity index (χ2v) is 7.49. The molecule has 2 aliphatic carbocycles. The van der Waals surface area contributed by atoms with Crippen LogP contribution >= 0.6 is 12.4 Å². The molecule has 132 valence electrons. The predicted molar refractivity (Wildman–Crippen MR) is 92.2 cm³/mol. The van der Waals surface area contributed by atoms with Crippen molar-refractivity contribution in [3.8, 4) is 0 Å². The Morgan fingerprint density at radius 1 is 1.04 bits per heavy atom. The van der Waals surface area contributed by atoms with E-state index in [2.05, 4.69) is 5.32 Å². The Morgan fingerprint density at radius 3 is 2.13 bits per heavy atom. The third kappa shape index (κ3) is 4.18. The molecule has 2 amide bonds. The summed E-state index contributed by atoms with van der Waals surface area (Å²) < 4.78 is 0. The first-order valence-electron chi connectivity index (χ1n) is 8.86. The molecule has 3 fully saturated rings. The van der Waals surface area contributed by atoms with Crippen LogP contribution in [0.15, 0.2) is 0 Å². The topological polar surface area (TPSA) is 75.4 Å². The number of carbonyl (C=O) groups excluding carboxylic acids is 2. The number of hydrogen-bond acceptors (Lipinski definition) is 3. The minimum atomic E-state index is 0. The van der Waals surface area contributed by atoms with Crippen LogP contribution in [0.5, 0.6) is 0 Å². The summed E-state index contributed by atoms with van der Waals surface area (Å²) in [5, 5.41) is 3.23. The molecule has 0 radical (unpaired) electrons. The van der Waals surface area contributed by atoms with Gasteiger partial charge in [0.2, 0.25) is 11.8 Å². The zero-order chi connectivity index (χ0) is 15.7. The zero-order valence-corrected chi connectivity index (χ0v) is 14.8. The Balaban J connectivity index is 0.00000192. The first-order chi connectivity index (χ1) is 10.5. The largest absolute Gasteiger partial charge is 0.353 e. The molecule has 2 atom stereocenters. The highest BCUT2D eigenvalue weighted by Gasteiger charge is 2.40. The average molecular weight is 344 g/mol. The highest BCUT2D eigenvalue weighted by molar-refractivity contribution is 5.85. The van der Waals surface area contributed by atoms with Crippen molar-refractivity contribution in [1.29, 1.82) is 0 Å². The summed E-state index contributed by atoms with van der Waals surface area (Å²) in [6.45, 7) is 3.14. The van der Waals surface area contributed by atoms with Crippen molar-refractivity contribution in [3.63, 3.8) is 0 Å². The van der Waals surface area contributed by atoms with E-state index in [1.807, 2.05) is 4.90 Å². The summed E-state index contributed by atoms with van der Waals surface area (Å²) in [6.07, 6.45) is 7.36. The van der Waals surface area contributed by atoms with Crippen LogP contribution in [0.4, 0.5) is 0 Å². The van der Waals surface area contributed by atoms with Crippen molar-refractivity contribution >= 4 is 24.2 Å². The monoisotopic (exact) mass is 343 g/mol. The van der Waals surface area contributed by atoms with Crippen molar-refractivity contribution < 1.29 is 9.59 Å². The van der Waals surface area contributed by atoms with Crippen molar-refractivity contribution in [2.45, 2.75) is 64.0 Å². The van der Waals surface area contributed by atoms with Gasteiger partial charge in [-0.2, -0.15) is 0 Å². The lowest BCUT2D eigenvalue weighted by molar-refractivity contribution is -0.130. The van der Waals surface area contributed by atoms with Gasteiger partial charge in [-0.25, -0.2) is 0 Å². The van der Waals surface area contributed by atoms with E-state index in [0.29, 0.717) is 17.9 Å². The highest BCUT2D eigenvalue weighted by atomic mass is 35.5. The molecule has 1 heterocycles. The van der Waals surface area contributed by atoms with Gasteiger partial charge >= 0.3 is 0 Å². The van der Waals surface area contributed by atoms with Gasteiger partial charge in [0.05, 0.1) is 0 Å². The molecule has 2 saturated carbocycles. The van der Waals surface area contributed by atoms with E-state index in [9.17, 15) is 9.59 Å². The number of carbonyl (C=O) groups is 2. The molecule has 3 N–H and O–H groups in total. The number of nitrogens with one attached hydrogen (secondary N) is 1. The molecule has 0 spiro atoms. The quantitative estimate of drug-likeness (QED) is 0.801. The average Bonchev–Trinajstić information content (AvgIpc) is 2.47. The normalized spacial score (nSPS) is 34.4. The van der Waals surface area contributed by atoms with Crippen LogP contribution in [0.3, 0.4) is 0 Å². The summed E-state index contributed by atoms with van der Waals surface area (Å²) in [5.41, 5.74) is 6.31. The molecule has 2 bridgehead atoms. The molecule has 5 nitrogen and oxygen atoms in total. The van der Waals surface area contributed by atoms with Crippen LogP contribution in [0.25, 0.3) is 0 Å². The lowest BCUT2D eigenvalue weighted by Crippen LogP contribution is -2.51. The van der Waals surface area contributed by atoms with Crippen molar-refractivity contribution in [1.82, 2.24) is 10.2 Å². The van der Waals surface area contributed by atoms with Crippen molar-refractivity contribution in [2.75, 3.05) is 13.1 Å². The van der Waals surface area contributed by atoms with Gasteiger partial charge in [0.25, 0.3) is 0 Å². The fourth-order valence-electron chi connectivity index (χ4n) is 4.66. The summed E-state index contributed by atoms with van der Waals surface area (Å²) in [5.74, 6) is 1.61. The zero-order valence-electron chi connectivity index (χ0n) is 14.0. The maximum absolute atomic E-state index is 12.6. The maximum Gasteiger partial charge on any atom is 0.223 e. The predicted octanol–water partition coefficient (Wildman–Crippen LogP) is 1.69. The van der Waals surface area contributed by atoms with Crippen LogP contribution in [0.1, 0.15) is 51.9 Å². The van der Waals surface area contributed by atoms with Crippen LogP contribution in [-0.4, -0.2) is 41.9 Å². The number of nitrogens with two attached hydrogens (primary N) is 1. The number of likely N-dealkylation sites (tertiary alicyclic amines) is 1. The van der Waals surface area contributed by atoms with E-state index in [1.54, 1.807) is 6.92 Å². The number of piperidine rings is 1. The van der Waals surface area contributed by atoms with Gasteiger partial charge in [-0.05, 0) is 50.4 Å². The Bertz CT molecular complexity index is 424. The Kier molecular flexibility index (Phi) is 6.32. The van der Waals surface area contributed by atoms with Gasteiger partial charge in [0, 0.05) is 38.0 Å². The van der Waals surface area contributed by atoms with Crippen LogP contribution < -0.4 is 11.1 Å². The Morgan fingerprint density at radius 2 is 1.61 bits per heavy atom. The van der Waals surface area contributed by atoms with Gasteiger partial charge in [-0.3, -0.25) is 9.59 Å². The molecule has 6 heteroatoms. The maximum atomic E-state index is 12.6. The lowest BCUT2D eigenvalue weighted by Gasteiger charge is -2.44. The number of nitrogens with zero attached hydrogens (tertiary/aromatic N) is 1. The number of amides is 2. The van der Waals surface area contributed by atoms with Gasteiger partial charge < -0.3 is 16.0 Å². The van der Waals surface area contributed by atoms with Crippen LogP contribution in [0, 0.1) is 17.8 Å². The minimum absolute atomic E-state index is 0. The second kappa shape index (κ2) is 7.84. The summed E-state index contributed by atoms with van der Waals surface area (Å²) >= 11 is 0. The number of fused-ring (bicyclic) bond motifs is 2. The summed E-state index contributed by atoms with van der Waals surface area (Å²) in [7, 11) is 0. The Hall–Kier alpha value is -0.810. The second-order valence-electron chi connectivity index (χ2n) is 7.49. The molecule has 1 saturated heterocycles. The number of rotatable bonds is 2. The SMILES string of the molecule is CC(=O)N1CCC(NC(=O)C2CC3CCCC(C2)C3N)CC1.Cl. The lowest BCUT2D eigenvalue weighted by atomic mass is 9.65. The minimum Gasteiger partial charge on any atom is -0.353 e. The molecule has 2 unspecified atom stereocenters. The van der Waals surface area contributed by atoms with E-state index in [4.69, 9.17) is 5.73 Å². The third-order valence-electron chi connectivity index (χ3n) is 6.07. The smallest absolute Gasteiger partial charge is 0.223 e. The van der Waals surface area contributed by atoms with Gasteiger partial charge in [0.1, 0.15) is 0 Å². The number of hydrogen-bond donors (Lipinski definition) is 2. The van der Waals surface area contributed by atoms with E-state index in [1.165, 1.54) is 19.3 Å². The first-order valence-corrected chi connectivity index (χ1v) is 8.86. The van der Waals surface area contributed by atoms with Gasteiger partial charge in [-0.1, -0.05) is 6.42 Å². The molecule has 1 aliphatic heterocycles.